The van der Waals surface area contributed by atoms with E-state index in [1.54, 1.807) is 0 Å². The minimum absolute atomic E-state index is 0.116. The Morgan fingerprint density at radius 1 is 1.24 bits per heavy atom. The molecule has 118 valence electrons. The summed E-state index contributed by atoms with van der Waals surface area (Å²) in [5.74, 6) is 0. The van der Waals surface area contributed by atoms with Gasteiger partial charge < -0.3 is 5.32 Å². The Balaban J connectivity index is 1.65. The van der Waals surface area contributed by atoms with E-state index in [9.17, 15) is 0 Å². The highest BCUT2D eigenvalue weighted by molar-refractivity contribution is 5.24. The van der Waals surface area contributed by atoms with Gasteiger partial charge in [-0.3, -0.25) is 9.58 Å². The molecule has 0 aromatic carbocycles. The molecule has 2 saturated heterocycles. The van der Waals surface area contributed by atoms with Gasteiger partial charge in [0.1, 0.15) is 0 Å². The second kappa shape index (κ2) is 5.73. The highest BCUT2D eigenvalue weighted by atomic mass is 15.3. The van der Waals surface area contributed by atoms with Crippen molar-refractivity contribution >= 4 is 0 Å². The van der Waals surface area contributed by atoms with Crippen LogP contribution in [0.25, 0.3) is 0 Å². The van der Waals surface area contributed by atoms with Crippen molar-refractivity contribution in [1.82, 2.24) is 20.0 Å². The van der Waals surface area contributed by atoms with Crippen LogP contribution in [0.2, 0.25) is 0 Å². The highest BCUT2D eigenvalue weighted by Crippen LogP contribution is 2.28. The molecule has 1 aromatic heterocycles. The van der Waals surface area contributed by atoms with Crippen LogP contribution in [0, 0.1) is 0 Å². The van der Waals surface area contributed by atoms with E-state index in [0.717, 1.165) is 12.6 Å². The lowest BCUT2D eigenvalue weighted by Gasteiger charge is -2.32. The van der Waals surface area contributed by atoms with Gasteiger partial charge in [0.25, 0.3) is 0 Å². The van der Waals surface area contributed by atoms with Crippen molar-refractivity contribution in [2.45, 2.75) is 70.5 Å². The summed E-state index contributed by atoms with van der Waals surface area (Å²) < 4.78 is 1.96. The van der Waals surface area contributed by atoms with Gasteiger partial charge in [-0.25, -0.2) is 0 Å². The number of rotatable bonds is 3. The Bertz CT molecular complexity index is 485. The van der Waals surface area contributed by atoms with Crippen molar-refractivity contribution in [3.63, 3.8) is 0 Å². The number of nitrogens with zero attached hydrogens (tertiary/aromatic N) is 3. The number of hydrogen-bond donors (Lipinski definition) is 1. The third kappa shape index (κ3) is 3.16. The normalized spacial score (nSPS) is 27.0. The van der Waals surface area contributed by atoms with Gasteiger partial charge in [-0.15, -0.1) is 0 Å². The van der Waals surface area contributed by atoms with E-state index in [0.29, 0.717) is 6.04 Å². The zero-order valence-electron chi connectivity index (χ0n) is 14.0. The Morgan fingerprint density at radius 2 is 2.05 bits per heavy atom. The molecule has 1 N–H and O–H groups in total. The molecule has 0 aliphatic carbocycles. The number of fused-ring (bicyclic) bond motifs is 1. The van der Waals surface area contributed by atoms with E-state index in [4.69, 9.17) is 0 Å². The molecule has 0 saturated carbocycles. The summed E-state index contributed by atoms with van der Waals surface area (Å²) in [6, 6.07) is 1.44. The van der Waals surface area contributed by atoms with Crippen LogP contribution in [0.3, 0.4) is 0 Å². The molecular formula is C17H30N4. The maximum Gasteiger partial charge on any atom is 0.0722 e. The molecule has 21 heavy (non-hydrogen) atoms. The van der Waals surface area contributed by atoms with Gasteiger partial charge in [0, 0.05) is 49.4 Å². The average Bonchev–Trinajstić information content (AvgIpc) is 2.99. The van der Waals surface area contributed by atoms with Crippen molar-refractivity contribution in [3.8, 4) is 0 Å². The predicted molar refractivity (Wildman–Crippen MR) is 86.4 cm³/mol. The van der Waals surface area contributed by atoms with Crippen LogP contribution in [0.15, 0.2) is 6.20 Å². The maximum atomic E-state index is 4.67. The van der Waals surface area contributed by atoms with E-state index < -0.39 is 0 Å². The first kappa shape index (κ1) is 15.0. The van der Waals surface area contributed by atoms with Crippen molar-refractivity contribution in [1.29, 1.82) is 0 Å². The quantitative estimate of drug-likeness (QED) is 0.928. The molecule has 3 heterocycles. The van der Waals surface area contributed by atoms with Crippen molar-refractivity contribution in [2.75, 3.05) is 13.1 Å². The number of piperidine rings is 1. The predicted octanol–water partition coefficient (Wildman–Crippen LogP) is 2.43. The number of aryl methyl sites for hydroxylation is 1. The zero-order valence-corrected chi connectivity index (χ0v) is 14.0. The van der Waals surface area contributed by atoms with Crippen molar-refractivity contribution in [3.05, 3.63) is 17.5 Å². The minimum Gasteiger partial charge on any atom is -0.308 e. The van der Waals surface area contributed by atoms with E-state index in [1.165, 1.54) is 50.0 Å². The molecule has 4 nitrogen and oxygen atoms in total. The Hall–Kier alpha value is -0.870. The third-order valence-electron chi connectivity index (χ3n) is 5.03. The van der Waals surface area contributed by atoms with Gasteiger partial charge >= 0.3 is 0 Å². The van der Waals surface area contributed by atoms with Crippen LogP contribution in [-0.4, -0.2) is 39.9 Å². The Labute approximate surface area is 128 Å². The fraction of sp³-hybridized carbons (Fsp3) is 0.824. The summed E-state index contributed by atoms with van der Waals surface area (Å²) in [5, 5.41) is 8.50. The second-order valence-electron chi connectivity index (χ2n) is 7.80. The lowest BCUT2D eigenvalue weighted by Crippen LogP contribution is -2.44. The van der Waals surface area contributed by atoms with E-state index in [2.05, 4.69) is 42.3 Å². The fourth-order valence-corrected chi connectivity index (χ4v) is 4.03. The summed E-state index contributed by atoms with van der Waals surface area (Å²) in [6.07, 6.45) is 7.65. The SMILES string of the molecule is Cn1cc(CNC2CCN3CCCCC23)c(C(C)(C)C)n1. The monoisotopic (exact) mass is 290 g/mol. The van der Waals surface area contributed by atoms with E-state index >= 15 is 0 Å². The molecular weight excluding hydrogens is 260 g/mol. The van der Waals surface area contributed by atoms with Crippen LogP contribution in [0.4, 0.5) is 0 Å². The molecule has 2 unspecified atom stereocenters. The first-order chi connectivity index (χ1) is 9.95. The average molecular weight is 290 g/mol. The molecule has 2 fully saturated rings. The minimum atomic E-state index is 0.116. The van der Waals surface area contributed by atoms with Crippen molar-refractivity contribution < 1.29 is 0 Å². The van der Waals surface area contributed by atoms with Gasteiger partial charge in [0.15, 0.2) is 0 Å². The zero-order chi connectivity index (χ0) is 15.0. The molecule has 2 aliphatic rings. The van der Waals surface area contributed by atoms with E-state index in [-0.39, 0.29) is 5.41 Å². The van der Waals surface area contributed by atoms with Crippen molar-refractivity contribution in [2.24, 2.45) is 7.05 Å². The largest absolute Gasteiger partial charge is 0.308 e. The molecule has 4 heteroatoms. The highest BCUT2D eigenvalue weighted by Gasteiger charge is 2.35. The Morgan fingerprint density at radius 3 is 2.81 bits per heavy atom. The summed E-state index contributed by atoms with van der Waals surface area (Å²) in [7, 11) is 2.02. The molecule has 3 rings (SSSR count). The van der Waals surface area contributed by atoms with Gasteiger partial charge in [-0.2, -0.15) is 5.10 Å². The smallest absolute Gasteiger partial charge is 0.0722 e. The molecule has 0 radical (unpaired) electrons. The van der Waals surface area contributed by atoms with Gasteiger partial charge in [0.2, 0.25) is 0 Å². The molecule has 1 aromatic rings. The summed E-state index contributed by atoms with van der Waals surface area (Å²) >= 11 is 0. The summed E-state index contributed by atoms with van der Waals surface area (Å²) in [4.78, 5) is 2.69. The van der Waals surface area contributed by atoms with Gasteiger partial charge in [-0.1, -0.05) is 27.2 Å². The van der Waals surface area contributed by atoms with Crippen LogP contribution in [0.5, 0.6) is 0 Å². The third-order valence-corrected chi connectivity index (χ3v) is 5.03. The fourth-order valence-electron chi connectivity index (χ4n) is 4.03. The lowest BCUT2D eigenvalue weighted by atomic mass is 9.89. The molecule has 2 atom stereocenters. The molecule has 2 aliphatic heterocycles. The first-order valence-electron chi connectivity index (χ1n) is 8.45. The number of aromatic nitrogens is 2. The van der Waals surface area contributed by atoms with E-state index in [1.807, 2.05) is 11.7 Å². The second-order valence-corrected chi connectivity index (χ2v) is 7.80. The molecule has 0 spiro atoms. The Kier molecular flexibility index (Phi) is 4.10. The van der Waals surface area contributed by atoms with Gasteiger partial charge in [0.05, 0.1) is 5.69 Å². The topological polar surface area (TPSA) is 33.1 Å². The molecule has 0 bridgehead atoms. The molecule has 0 amide bonds. The number of nitrogens with one attached hydrogen (secondary N) is 1. The maximum absolute atomic E-state index is 4.67. The van der Waals surface area contributed by atoms with Crippen LogP contribution < -0.4 is 5.32 Å². The summed E-state index contributed by atoms with van der Waals surface area (Å²) in [6.45, 7) is 10.3. The number of hydrogen-bond acceptors (Lipinski definition) is 3. The lowest BCUT2D eigenvalue weighted by molar-refractivity contribution is 0.180. The first-order valence-corrected chi connectivity index (χ1v) is 8.45. The van der Waals surface area contributed by atoms with Gasteiger partial charge in [-0.05, 0) is 25.8 Å². The standard InChI is InChI=1S/C17H30N4/c1-17(2,3)16-13(12-20(4)19-16)11-18-14-8-10-21-9-6-5-7-15(14)21/h12,14-15,18H,5-11H2,1-4H3. The van der Waals surface area contributed by atoms with Crippen LogP contribution >= 0.6 is 0 Å². The van der Waals surface area contributed by atoms with Crippen LogP contribution in [-0.2, 0) is 19.0 Å². The summed E-state index contributed by atoms with van der Waals surface area (Å²) in [5.41, 5.74) is 2.71. The van der Waals surface area contributed by atoms with Crippen LogP contribution in [0.1, 0.15) is 57.7 Å².